The minimum atomic E-state index is -1.28. The summed E-state index contributed by atoms with van der Waals surface area (Å²) in [6.45, 7) is 1.26. The second kappa shape index (κ2) is 8.91. The van der Waals surface area contributed by atoms with E-state index in [1.807, 2.05) is 6.92 Å². The SMILES string of the molecule is CCc1oc(C(CO)Oc2ccc(F)c(C(N)=O)c2F)nc1-c1ccc(OC)cc1. The number of methoxy groups -OCH3 is 1. The zero-order chi connectivity index (χ0) is 21.8. The van der Waals surface area contributed by atoms with E-state index in [0.29, 0.717) is 23.6 Å². The zero-order valence-electron chi connectivity index (χ0n) is 16.3. The summed E-state index contributed by atoms with van der Waals surface area (Å²) < 4.78 is 44.5. The first-order chi connectivity index (χ1) is 14.4. The smallest absolute Gasteiger partial charge is 0.254 e. The Hall–Kier alpha value is -3.46. The average Bonchev–Trinajstić information content (AvgIpc) is 3.17. The monoisotopic (exact) mass is 418 g/mol. The molecule has 0 saturated carbocycles. The van der Waals surface area contributed by atoms with Gasteiger partial charge in [0.05, 0.1) is 13.7 Å². The molecule has 0 saturated heterocycles. The van der Waals surface area contributed by atoms with Gasteiger partial charge in [0.2, 0.25) is 5.89 Å². The highest BCUT2D eigenvalue weighted by Gasteiger charge is 2.26. The van der Waals surface area contributed by atoms with Crippen LogP contribution in [0.5, 0.6) is 11.5 Å². The second-order valence-electron chi connectivity index (χ2n) is 6.29. The molecule has 7 nitrogen and oxygen atoms in total. The summed E-state index contributed by atoms with van der Waals surface area (Å²) in [7, 11) is 1.56. The van der Waals surface area contributed by atoms with Crippen molar-refractivity contribution in [1.82, 2.24) is 4.98 Å². The van der Waals surface area contributed by atoms with Crippen LogP contribution in [0.3, 0.4) is 0 Å². The minimum absolute atomic E-state index is 0.00418. The number of primary amides is 1. The summed E-state index contributed by atoms with van der Waals surface area (Å²) in [5.74, 6) is -2.90. The molecule has 0 aliphatic rings. The first-order valence-corrected chi connectivity index (χ1v) is 9.08. The Labute approximate surface area is 171 Å². The fraction of sp³-hybridized carbons (Fsp3) is 0.238. The summed E-state index contributed by atoms with van der Waals surface area (Å²) in [5, 5.41) is 9.75. The number of hydrogen-bond acceptors (Lipinski definition) is 6. The number of ether oxygens (including phenoxy) is 2. The molecule has 0 radical (unpaired) electrons. The molecule has 3 N–H and O–H groups in total. The minimum Gasteiger partial charge on any atom is -0.497 e. The molecule has 30 heavy (non-hydrogen) atoms. The summed E-state index contributed by atoms with van der Waals surface area (Å²) in [4.78, 5) is 15.7. The Morgan fingerprint density at radius 3 is 2.50 bits per heavy atom. The third-order valence-corrected chi connectivity index (χ3v) is 4.41. The van der Waals surface area contributed by atoms with E-state index in [0.717, 1.165) is 17.7 Å². The standard InChI is InChI=1S/C21H20F2N2O5/c1-3-14-19(11-4-6-12(28-2)7-5-11)25-21(30-14)16(10-26)29-15-9-8-13(22)17(18(15)23)20(24)27/h4-9,16,26H,3,10H2,1-2H3,(H2,24,27). The van der Waals surface area contributed by atoms with Gasteiger partial charge in [-0.25, -0.2) is 13.8 Å². The number of aliphatic hydroxyl groups excluding tert-OH is 1. The lowest BCUT2D eigenvalue weighted by Gasteiger charge is -2.15. The maximum absolute atomic E-state index is 14.5. The number of hydrogen-bond donors (Lipinski definition) is 2. The van der Waals surface area contributed by atoms with E-state index < -0.39 is 41.6 Å². The number of oxazole rings is 1. The van der Waals surface area contributed by atoms with Crippen LogP contribution in [0.2, 0.25) is 0 Å². The van der Waals surface area contributed by atoms with E-state index in [-0.39, 0.29) is 5.89 Å². The van der Waals surface area contributed by atoms with Crippen LogP contribution >= 0.6 is 0 Å². The van der Waals surface area contributed by atoms with Gasteiger partial charge in [-0.1, -0.05) is 6.92 Å². The number of rotatable bonds is 8. The van der Waals surface area contributed by atoms with Gasteiger partial charge in [0, 0.05) is 12.0 Å². The Morgan fingerprint density at radius 1 is 1.23 bits per heavy atom. The molecule has 1 unspecified atom stereocenters. The Morgan fingerprint density at radius 2 is 1.93 bits per heavy atom. The van der Waals surface area contributed by atoms with Gasteiger partial charge in [0.25, 0.3) is 5.91 Å². The number of aryl methyl sites for hydroxylation is 1. The molecule has 3 rings (SSSR count). The largest absolute Gasteiger partial charge is 0.497 e. The molecule has 0 spiro atoms. The molecule has 3 aromatic rings. The van der Waals surface area contributed by atoms with Crippen molar-refractivity contribution in [2.75, 3.05) is 13.7 Å². The molecular weight excluding hydrogens is 398 g/mol. The second-order valence-corrected chi connectivity index (χ2v) is 6.29. The maximum atomic E-state index is 14.5. The van der Waals surface area contributed by atoms with Gasteiger partial charge >= 0.3 is 0 Å². The number of aromatic nitrogens is 1. The molecule has 158 valence electrons. The quantitative estimate of drug-likeness (QED) is 0.581. The molecular formula is C21H20F2N2O5. The van der Waals surface area contributed by atoms with Crippen molar-refractivity contribution >= 4 is 5.91 Å². The lowest BCUT2D eigenvalue weighted by molar-refractivity contribution is 0.0878. The first-order valence-electron chi connectivity index (χ1n) is 9.08. The van der Waals surface area contributed by atoms with Crippen molar-refractivity contribution in [3.63, 3.8) is 0 Å². The van der Waals surface area contributed by atoms with Crippen LogP contribution in [0, 0.1) is 11.6 Å². The number of aliphatic hydroxyl groups is 1. The fourth-order valence-corrected chi connectivity index (χ4v) is 2.89. The summed E-state index contributed by atoms with van der Waals surface area (Å²) in [6, 6.07) is 8.97. The number of carbonyl (C=O) groups excluding carboxylic acids is 1. The Bertz CT molecular complexity index is 1050. The molecule has 0 aliphatic heterocycles. The van der Waals surface area contributed by atoms with E-state index in [4.69, 9.17) is 19.6 Å². The van der Waals surface area contributed by atoms with E-state index >= 15 is 0 Å². The van der Waals surface area contributed by atoms with Gasteiger partial charge < -0.3 is 24.7 Å². The van der Waals surface area contributed by atoms with Crippen LogP contribution < -0.4 is 15.2 Å². The van der Waals surface area contributed by atoms with Gasteiger partial charge in [-0.2, -0.15) is 0 Å². The van der Waals surface area contributed by atoms with Crippen LogP contribution in [0.1, 0.15) is 35.0 Å². The van der Waals surface area contributed by atoms with E-state index in [2.05, 4.69) is 4.98 Å². The number of halogens is 2. The predicted octanol–water partition coefficient (Wildman–Crippen LogP) is 3.40. The van der Waals surface area contributed by atoms with Gasteiger partial charge in [-0.15, -0.1) is 0 Å². The maximum Gasteiger partial charge on any atom is 0.254 e. The molecule has 1 amide bonds. The Kier molecular flexibility index (Phi) is 6.31. The third kappa shape index (κ3) is 4.11. The summed E-state index contributed by atoms with van der Waals surface area (Å²) in [5.41, 5.74) is 5.38. The normalized spacial score (nSPS) is 11.9. The van der Waals surface area contributed by atoms with Crippen LogP contribution in [0.25, 0.3) is 11.3 Å². The van der Waals surface area contributed by atoms with Crippen LogP contribution in [0.15, 0.2) is 40.8 Å². The van der Waals surface area contributed by atoms with Gasteiger partial charge in [0.15, 0.2) is 17.7 Å². The number of nitrogens with zero attached hydrogens (tertiary/aromatic N) is 1. The van der Waals surface area contributed by atoms with E-state index in [9.17, 15) is 18.7 Å². The zero-order valence-corrected chi connectivity index (χ0v) is 16.3. The molecule has 1 heterocycles. The van der Waals surface area contributed by atoms with E-state index in [1.54, 1.807) is 31.4 Å². The summed E-state index contributed by atoms with van der Waals surface area (Å²) >= 11 is 0. The fourth-order valence-electron chi connectivity index (χ4n) is 2.89. The molecule has 1 atom stereocenters. The number of amides is 1. The number of nitrogens with two attached hydrogens (primary N) is 1. The number of carbonyl (C=O) groups is 1. The topological polar surface area (TPSA) is 108 Å². The molecule has 0 bridgehead atoms. The van der Waals surface area contributed by atoms with Crippen molar-refractivity contribution < 1.29 is 32.6 Å². The van der Waals surface area contributed by atoms with Crippen molar-refractivity contribution in [3.05, 3.63) is 65.2 Å². The highest BCUT2D eigenvalue weighted by Crippen LogP contribution is 2.32. The van der Waals surface area contributed by atoms with Gasteiger partial charge in [0.1, 0.15) is 28.6 Å². The number of benzene rings is 2. The highest BCUT2D eigenvalue weighted by molar-refractivity contribution is 5.93. The van der Waals surface area contributed by atoms with Crippen LogP contribution in [-0.2, 0) is 6.42 Å². The first kappa shape index (κ1) is 21.3. The van der Waals surface area contributed by atoms with Crippen molar-refractivity contribution in [1.29, 1.82) is 0 Å². The van der Waals surface area contributed by atoms with Crippen molar-refractivity contribution in [3.8, 4) is 22.8 Å². The lowest BCUT2D eigenvalue weighted by atomic mass is 10.1. The third-order valence-electron chi connectivity index (χ3n) is 4.41. The van der Waals surface area contributed by atoms with Gasteiger partial charge in [-0.05, 0) is 36.4 Å². The summed E-state index contributed by atoms with van der Waals surface area (Å²) in [6.07, 6.45) is -0.688. The molecule has 1 aromatic heterocycles. The van der Waals surface area contributed by atoms with E-state index in [1.165, 1.54) is 0 Å². The van der Waals surface area contributed by atoms with Crippen LogP contribution in [0.4, 0.5) is 8.78 Å². The average molecular weight is 418 g/mol. The highest BCUT2D eigenvalue weighted by atomic mass is 19.1. The molecule has 9 heteroatoms. The van der Waals surface area contributed by atoms with Crippen molar-refractivity contribution in [2.24, 2.45) is 5.73 Å². The van der Waals surface area contributed by atoms with Crippen molar-refractivity contribution in [2.45, 2.75) is 19.4 Å². The Balaban J connectivity index is 1.95. The molecule has 2 aromatic carbocycles. The lowest BCUT2D eigenvalue weighted by Crippen LogP contribution is -2.18. The molecule has 0 fully saturated rings. The van der Waals surface area contributed by atoms with Gasteiger partial charge in [-0.3, -0.25) is 4.79 Å². The van der Waals surface area contributed by atoms with Crippen LogP contribution in [-0.4, -0.2) is 29.7 Å². The molecule has 0 aliphatic carbocycles. The predicted molar refractivity (Wildman–Crippen MR) is 103 cm³/mol.